The van der Waals surface area contributed by atoms with Crippen molar-refractivity contribution < 1.29 is 0 Å². The molecule has 0 N–H and O–H groups in total. The van der Waals surface area contributed by atoms with Gasteiger partial charge in [0.15, 0.2) is 0 Å². The molecule has 2 nitrogen and oxygen atoms in total. The fourth-order valence-corrected chi connectivity index (χ4v) is 8.75. The molecule has 1 heterocycles. The lowest BCUT2D eigenvalue weighted by Gasteiger charge is -2.26. The van der Waals surface area contributed by atoms with Crippen LogP contribution in [0.4, 0.5) is 17.1 Å². The van der Waals surface area contributed by atoms with E-state index in [9.17, 15) is 0 Å². The highest BCUT2D eigenvalue weighted by molar-refractivity contribution is 6.26. The van der Waals surface area contributed by atoms with Gasteiger partial charge in [0.25, 0.3) is 0 Å². The molecule has 0 aliphatic carbocycles. The Morgan fingerprint density at radius 2 is 0.707 bits per heavy atom. The van der Waals surface area contributed by atoms with E-state index in [4.69, 9.17) is 0 Å². The number of benzene rings is 10. The number of hydrogen-bond acceptors (Lipinski definition) is 1. The van der Waals surface area contributed by atoms with E-state index in [2.05, 4.69) is 240 Å². The smallest absolute Gasteiger partial charge is 0.0547 e. The fraction of sp³-hybridized carbons (Fsp3) is 0. The molecule has 58 heavy (non-hydrogen) atoms. The molecule has 1 aromatic heterocycles. The summed E-state index contributed by atoms with van der Waals surface area (Å²) in [7, 11) is 0. The van der Waals surface area contributed by atoms with Crippen LogP contribution in [0, 0.1) is 0 Å². The van der Waals surface area contributed by atoms with Gasteiger partial charge >= 0.3 is 0 Å². The molecule has 0 fully saturated rings. The molecule has 2 heteroatoms. The Balaban J connectivity index is 0.930. The Kier molecular flexibility index (Phi) is 8.19. The maximum absolute atomic E-state index is 2.40. The van der Waals surface area contributed by atoms with E-state index in [1.54, 1.807) is 0 Å². The van der Waals surface area contributed by atoms with Crippen LogP contribution in [0.25, 0.3) is 82.8 Å². The lowest BCUT2D eigenvalue weighted by molar-refractivity contribution is 1.18. The Labute approximate surface area is 338 Å². The summed E-state index contributed by atoms with van der Waals surface area (Å²) in [5, 5.41) is 5.20. The Hall–Kier alpha value is -7.68. The summed E-state index contributed by atoms with van der Waals surface area (Å²) >= 11 is 0. The van der Waals surface area contributed by atoms with Crippen LogP contribution in [0.2, 0.25) is 0 Å². The van der Waals surface area contributed by atoms with Crippen LogP contribution in [0.3, 0.4) is 0 Å². The summed E-state index contributed by atoms with van der Waals surface area (Å²) < 4.78 is 2.40. The molecule has 0 atom stereocenters. The van der Waals surface area contributed by atoms with Gasteiger partial charge in [0.2, 0.25) is 0 Å². The van der Waals surface area contributed by atoms with Gasteiger partial charge in [-0.25, -0.2) is 0 Å². The van der Waals surface area contributed by atoms with Crippen molar-refractivity contribution in [3.63, 3.8) is 0 Å². The number of anilines is 3. The van der Waals surface area contributed by atoms with E-state index < -0.39 is 0 Å². The van der Waals surface area contributed by atoms with Gasteiger partial charge in [0.05, 0.1) is 11.0 Å². The highest BCUT2D eigenvalue weighted by Gasteiger charge is 2.19. The number of rotatable bonds is 8. The first-order valence-corrected chi connectivity index (χ1v) is 19.9. The molecule has 0 unspecified atom stereocenters. The molecule has 0 amide bonds. The zero-order valence-corrected chi connectivity index (χ0v) is 31.8. The minimum absolute atomic E-state index is 1.11. The first-order chi connectivity index (χ1) is 28.8. The monoisotopic (exact) mass is 738 g/mol. The number of nitrogens with zero attached hydrogens (tertiary/aromatic N) is 2. The molecule has 11 rings (SSSR count). The van der Waals surface area contributed by atoms with Crippen LogP contribution in [0.1, 0.15) is 0 Å². The van der Waals surface area contributed by atoms with E-state index in [0.717, 1.165) is 17.1 Å². The molecular weight excluding hydrogens is 701 g/mol. The minimum Gasteiger partial charge on any atom is -0.311 e. The van der Waals surface area contributed by atoms with Gasteiger partial charge in [-0.2, -0.15) is 0 Å². The van der Waals surface area contributed by atoms with Crippen molar-refractivity contribution in [2.24, 2.45) is 0 Å². The molecule has 0 saturated carbocycles. The average molecular weight is 739 g/mol. The summed E-state index contributed by atoms with van der Waals surface area (Å²) in [6.45, 7) is 0. The zero-order chi connectivity index (χ0) is 38.4. The van der Waals surface area contributed by atoms with Gasteiger partial charge in [-0.15, -0.1) is 0 Å². The Morgan fingerprint density at radius 3 is 1.22 bits per heavy atom. The zero-order valence-electron chi connectivity index (χ0n) is 31.8. The molecule has 0 bridgehead atoms. The van der Waals surface area contributed by atoms with Crippen LogP contribution < -0.4 is 4.90 Å². The van der Waals surface area contributed by atoms with Crippen molar-refractivity contribution in [2.45, 2.75) is 0 Å². The predicted molar refractivity (Wildman–Crippen MR) is 246 cm³/mol. The van der Waals surface area contributed by atoms with Gasteiger partial charge < -0.3 is 9.47 Å². The standard InChI is InChI=1S/C56H38N2/c1-4-11-39(12-5-1)42-23-30-48(31-24-42)57(49-32-25-43(26-33-49)40-13-6-2-7-14-40)50-34-27-44(28-35-50)41-19-21-45(22-20-41)51-37-38-54-56-52(51)36-29-46-15-10-18-53(55(46)56)58(54)47-16-8-3-9-17-47/h1-38H. The molecule has 0 aliphatic rings. The summed E-state index contributed by atoms with van der Waals surface area (Å²) in [4.78, 5) is 2.34. The summed E-state index contributed by atoms with van der Waals surface area (Å²) in [5.41, 5.74) is 16.6. The van der Waals surface area contributed by atoms with Gasteiger partial charge in [-0.1, -0.05) is 170 Å². The second-order valence-corrected chi connectivity index (χ2v) is 15.0. The minimum atomic E-state index is 1.11. The van der Waals surface area contributed by atoms with Gasteiger partial charge in [-0.05, 0) is 116 Å². The highest BCUT2D eigenvalue weighted by Crippen LogP contribution is 2.43. The summed E-state index contributed by atoms with van der Waals surface area (Å²) in [6, 6.07) is 83.4. The van der Waals surface area contributed by atoms with Crippen molar-refractivity contribution in [1.29, 1.82) is 0 Å². The fourth-order valence-electron chi connectivity index (χ4n) is 8.75. The molecule has 11 aromatic rings. The van der Waals surface area contributed by atoms with Gasteiger partial charge in [0, 0.05) is 33.5 Å². The van der Waals surface area contributed by atoms with E-state index in [1.807, 2.05) is 0 Å². The van der Waals surface area contributed by atoms with Crippen molar-refractivity contribution in [1.82, 2.24) is 4.57 Å². The predicted octanol–water partition coefficient (Wildman–Crippen LogP) is 15.5. The van der Waals surface area contributed by atoms with E-state index >= 15 is 0 Å². The average Bonchev–Trinajstić information content (AvgIpc) is 3.65. The maximum atomic E-state index is 2.40. The molecular formula is C56H38N2. The summed E-state index contributed by atoms with van der Waals surface area (Å²) in [5.74, 6) is 0. The Morgan fingerprint density at radius 1 is 0.276 bits per heavy atom. The topological polar surface area (TPSA) is 8.17 Å². The molecule has 0 aliphatic heterocycles. The number of para-hydroxylation sites is 1. The quantitative estimate of drug-likeness (QED) is 0.141. The van der Waals surface area contributed by atoms with Gasteiger partial charge in [-0.3, -0.25) is 0 Å². The molecule has 0 saturated heterocycles. The summed E-state index contributed by atoms with van der Waals surface area (Å²) in [6.07, 6.45) is 0. The van der Waals surface area contributed by atoms with Crippen LogP contribution in [-0.2, 0) is 0 Å². The molecule has 0 radical (unpaired) electrons. The largest absolute Gasteiger partial charge is 0.311 e. The second-order valence-electron chi connectivity index (χ2n) is 15.0. The number of aromatic nitrogens is 1. The third-order valence-electron chi connectivity index (χ3n) is 11.6. The van der Waals surface area contributed by atoms with E-state index in [1.165, 1.54) is 82.8 Å². The first-order valence-electron chi connectivity index (χ1n) is 19.9. The SMILES string of the molecule is c1ccc(-c2ccc(N(c3ccc(-c4ccccc4)cc3)c3ccc(-c4ccc(-c5ccc6c7c5ccc5cccc(c57)n6-c5ccccc5)cc4)cc3)cc2)cc1. The number of hydrogen-bond donors (Lipinski definition) is 0. The van der Waals surface area contributed by atoms with Gasteiger partial charge in [0.1, 0.15) is 0 Å². The van der Waals surface area contributed by atoms with E-state index in [0.29, 0.717) is 0 Å². The van der Waals surface area contributed by atoms with Crippen molar-refractivity contribution in [3.05, 3.63) is 231 Å². The molecule has 0 spiro atoms. The van der Waals surface area contributed by atoms with Crippen molar-refractivity contribution in [2.75, 3.05) is 4.90 Å². The maximum Gasteiger partial charge on any atom is 0.0547 e. The Bertz CT molecular complexity index is 3060. The van der Waals surface area contributed by atoms with Crippen LogP contribution in [0.5, 0.6) is 0 Å². The third kappa shape index (κ3) is 5.82. The highest BCUT2D eigenvalue weighted by atomic mass is 15.1. The molecule has 272 valence electrons. The third-order valence-corrected chi connectivity index (χ3v) is 11.6. The normalized spacial score (nSPS) is 11.4. The van der Waals surface area contributed by atoms with Crippen LogP contribution >= 0.6 is 0 Å². The van der Waals surface area contributed by atoms with Crippen LogP contribution in [-0.4, -0.2) is 4.57 Å². The lowest BCUT2D eigenvalue weighted by Crippen LogP contribution is -2.09. The molecule has 10 aromatic carbocycles. The van der Waals surface area contributed by atoms with Crippen molar-refractivity contribution >= 4 is 49.6 Å². The lowest BCUT2D eigenvalue weighted by atomic mass is 9.93. The first kappa shape index (κ1) is 33.6. The van der Waals surface area contributed by atoms with Crippen LogP contribution in [0.15, 0.2) is 231 Å². The van der Waals surface area contributed by atoms with Crippen molar-refractivity contribution in [3.8, 4) is 50.2 Å². The van der Waals surface area contributed by atoms with E-state index in [-0.39, 0.29) is 0 Å². The second kappa shape index (κ2) is 14.1.